The maximum Gasteiger partial charge on any atom is 0.193 e. The van der Waals surface area contributed by atoms with E-state index in [4.69, 9.17) is 4.74 Å². The van der Waals surface area contributed by atoms with E-state index < -0.39 is 0 Å². The van der Waals surface area contributed by atoms with Crippen molar-refractivity contribution in [2.24, 2.45) is 4.99 Å². The number of aromatic nitrogens is 1. The molecule has 134 valence electrons. The molecule has 5 nitrogen and oxygen atoms in total. The molecule has 1 aliphatic carbocycles. The van der Waals surface area contributed by atoms with E-state index in [2.05, 4.69) is 44.6 Å². The third-order valence-electron chi connectivity index (χ3n) is 4.90. The SMILES string of the molecule is CN=C(NC1CC1(C)c1ccccc1OC)N(C)Cc1csc(C)n1. The first-order chi connectivity index (χ1) is 12.0. The van der Waals surface area contributed by atoms with Gasteiger partial charge in [0.1, 0.15) is 5.75 Å². The Kier molecular flexibility index (Phi) is 4.99. The Morgan fingerprint density at radius 2 is 2.24 bits per heavy atom. The zero-order chi connectivity index (χ0) is 18.0. The number of methoxy groups -OCH3 is 1. The first-order valence-corrected chi connectivity index (χ1v) is 9.35. The van der Waals surface area contributed by atoms with E-state index in [0.717, 1.165) is 35.4 Å². The second-order valence-corrected chi connectivity index (χ2v) is 7.84. The maximum absolute atomic E-state index is 5.54. The van der Waals surface area contributed by atoms with Crippen LogP contribution in [0.25, 0.3) is 0 Å². The number of benzene rings is 1. The molecule has 0 saturated heterocycles. The molecule has 0 amide bonds. The summed E-state index contributed by atoms with van der Waals surface area (Å²) in [5, 5.41) is 6.80. The van der Waals surface area contributed by atoms with Gasteiger partial charge in [0.2, 0.25) is 0 Å². The van der Waals surface area contributed by atoms with Gasteiger partial charge in [0.15, 0.2) is 5.96 Å². The highest BCUT2D eigenvalue weighted by atomic mass is 32.1. The highest BCUT2D eigenvalue weighted by Crippen LogP contribution is 2.51. The number of thiazole rings is 1. The van der Waals surface area contributed by atoms with E-state index in [1.165, 1.54) is 5.56 Å². The van der Waals surface area contributed by atoms with Crippen LogP contribution in [-0.2, 0) is 12.0 Å². The van der Waals surface area contributed by atoms with Crippen molar-refractivity contribution >= 4 is 17.3 Å². The number of rotatable bonds is 5. The minimum Gasteiger partial charge on any atom is -0.496 e. The first kappa shape index (κ1) is 17.7. The molecule has 1 heterocycles. The zero-order valence-electron chi connectivity index (χ0n) is 15.5. The van der Waals surface area contributed by atoms with E-state index in [0.29, 0.717) is 6.04 Å². The molecule has 1 aromatic carbocycles. The number of aliphatic imine (C=N–C) groups is 1. The van der Waals surface area contributed by atoms with E-state index in [1.54, 1.807) is 18.4 Å². The topological polar surface area (TPSA) is 49.8 Å². The van der Waals surface area contributed by atoms with Gasteiger partial charge in [0, 0.05) is 36.5 Å². The summed E-state index contributed by atoms with van der Waals surface area (Å²) in [6.07, 6.45) is 1.07. The molecule has 0 aliphatic heterocycles. The Labute approximate surface area is 153 Å². The fourth-order valence-electron chi connectivity index (χ4n) is 3.29. The van der Waals surface area contributed by atoms with E-state index >= 15 is 0 Å². The fraction of sp³-hybridized carbons (Fsp3) is 0.474. The van der Waals surface area contributed by atoms with E-state index in [1.807, 2.05) is 33.2 Å². The normalized spacial score (nSPS) is 22.6. The van der Waals surface area contributed by atoms with Crippen LogP contribution in [-0.4, -0.2) is 43.1 Å². The Hall–Kier alpha value is -2.08. The van der Waals surface area contributed by atoms with Gasteiger partial charge in [0.05, 0.1) is 24.4 Å². The fourth-order valence-corrected chi connectivity index (χ4v) is 3.89. The van der Waals surface area contributed by atoms with Crippen molar-refractivity contribution in [2.45, 2.75) is 38.3 Å². The summed E-state index contributed by atoms with van der Waals surface area (Å²) < 4.78 is 5.54. The molecular formula is C19H26N4OS. The lowest BCUT2D eigenvalue weighted by Gasteiger charge is -2.23. The predicted octanol–water partition coefficient (Wildman–Crippen LogP) is 3.20. The number of nitrogens with zero attached hydrogens (tertiary/aromatic N) is 3. The minimum absolute atomic E-state index is 0.0700. The number of para-hydroxylation sites is 1. The molecular weight excluding hydrogens is 332 g/mol. The van der Waals surface area contributed by atoms with Crippen LogP contribution in [0.15, 0.2) is 34.6 Å². The molecule has 1 aromatic heterocycles. The summed E-state index contributed by atoms with van der Waals surface area (Å²) in [6, 6.07) is 8.62. The number of nitrogens with one attached hydrogen (secondary N) is 1. The minimum atomic E-state index is 0.0700. The maximum atomic E-state index is 5.54. The Morgan fingerprint density at radius 3 is 2.88 bits per heavy atom. The number of aryl methyl sites for hydroxylation is 1. The molecule has 0 spiro atoms. The van der Waals surface area contributed by atoms with Crippen LogP contribution >= 0.6 is 11.3 Å². The highest BCUT2D eigenvalue weighted by molar-refractivity contribution is 7.09. The van der Waals surface area contributed by atoms with Crippen LogP contribution < -0.4 is 10.1 Å². The standard InChI is InChI=1S/C19H26N4OS/c1-13-21-14(12-25-13)11-23(4)18(20-3)22-17-10-19(17,2)15-8-6-7-9-16(15)24-5/h6-9,12,17H,10-11H2,1-5H3,(H,20,22). The van der Waals surface area contributed by atoms with Gasteiger partial charge in [-0.15, -0.1) is 11.3 Å². The Bertz CT molecular complexity index is 772. The summed E-state index contributed by atoms with van der Waals surface area (Å²) in [6.45, 7) is 5.06. The first-order valence-electron chi connectivity index (χ1n) is 8.47. The van der Waals surface area contributed by atoms with Crippen LogP contribution in [0, 0.1) is 6.92 Å². The molecule has 2 aromatic rings. The summed E-state index contributed by atoms with van der Waals surface area (Å²) in [5.74, 6) is 1.85. The van der Waals surface area contributed by atoms with Gasteiger partial charge >= 0.3 is 0 Å². The largest absolute Gasteiger partial charge is 0.496 e. The van der Waals surface area contributed by atoms with Gasteiger partial charge in [-0.1, -0.05) is 25.1 Å². The number of ether oxygens (including phenoxy) is 1. The number of guanidine groups is 1. The molecule has 6 heteroatoms. The van der Waals surface area contributed by atoms with Gasteiger partial charge in [-0.25, -0.2) is 4.98 Å². The third kappa shape index (κ3) is 3.63. The molecule has 1 aliphatic rings. The quantitative estimate of drug-likeness (QED) is 0.659. The van der Waals surface area contributed by atoms with E-state index in [9.17, 15) is 0 Å². The smallest absolute Gasteiger partial charge is 0.193 e. The Balaban J connectivity index is 1.67. The molecule has 2 unspecified atom stereocenters. The number of hydrogen-bond acceptors (Lipinski definition) is 4. The van der Waals surface area contributed by atoms with Crippen molar-refractivity contribution in [1.82, 2.24) is 15.2 Å². The highest BCUT2D eigenvalue weighted by Gasteiger charge is 2.53. The second-order valence-electron chi connectivity index (χ2n) is 6.78. The van der Waals surface area contributed by atoms with Crippen LogP contribution in [0.4, 0.5) is 0 Å². The molecule has 1 saturated carbocycles. The van der Waals surface area contributed by atoms with Gasteiger partial charge in [-0.3, -0.25) is 4.99 Å². The third-order valence-corrected chi connectivity index (χ3v) is 5.72. The number of hydrogen-bond donors (Lipinski definition) is 1. The van der Waals surface area contributed by atoms with Gasteiger partial charge < -0.3 is 15.0 Å². The predicted molar refractivity (Wildman–Crippen MR) is 104 cm³/mol. The van der Waals surface area contributed by atoms with Crippen LogP contribution in [0.1, 0.15) is 29.6 Å². The zero-order valence-corrected chi connectivity index (χ0v) is 16.4. The molecule has 0 radical (unpaired) electrons. The summed E-state index contributed by atoms with van der Waals surface area (Å²) >= 11 is 1.68. The van der Waals surface area contributed by atoms with Gasteiger partial charge in [-0.2, -0.15) is 0 Å². The summed E-state index contributed by atoms with van der Waals surface area (Å²) in [4.78, 5) is 11.1. The van der Waals surface area contributed by atoms with E-state index in [-0.39, 0.29) is 5.41 Å². The molecule has 3 rings (SSSR count). The molecule has 25 heavy (non-hydrogen) atoms. The van der Waals surface area contributed by atoms with Gasteiger partial charge in [0.25, 0.3) is 0 Å². The lowest BCUT2D eigenvalue weighted by Crippen LogP contribution is -2.41. The van der Waals surface area contributed by atoms with Crippen molar-refractivity contribution in [3.63, 3.8) is 0 Å². The van der Waals surface area contributed by atoms with Crippen molar-refractivity contribution in [1.29, 1.82) is 0 Å². The average molecular weight is 359 g/mol. The Morgan fingerprint density at radius 1 is 1.48 bits per heavy atom. The van der Waals surface area contributed by atoms with Crippen molar-refractivity contribution in [3.05, 3.63) is 45.9 Å². The van der Waals surface area contributed by atoms with Crippen molar-refractivity contribution < 1.29 is 4.74 Å². The van der Waals surface area contributed by atoms with Crippen LogP contribution in [0.3, 0.4) is 0 Å². The monoisotopic (exact) mass is 358 g/mol. The van der Waals surface area contributed by atoms with Crippen molar-refractivity contribution in [2.75, 3.05) is 21.2 Å². The lowest BCUT2D eigenvalue weighted by atomic mass is 9.96. The second kappa shape index (κ2) is 7.04. The molecule has 1 N–H and O–H groups in total. The molecule has 1 fully saturated rings. The summed E-state index contributed by atoms with van der Waals surface area (Å²) in [5.41, 5.74) is 2.40. The molecule has 2 atom stereocenters. The van der Waals surface area contributed by atoms with Crippen LogP contribution in [0.5, 0.6) is 5.75 Å². The van der Waals surface area contributed by atoms with Crippen molar-refractivity contribution in [3.8, 4) is 5.75 Å². The lowest BCUT2D eigenvalue weighted by molar-refractivity contribution is 0.404. The summed E-state index contributed by atoms with van der Waals surface area (Å²) in [7, 11) is 5.61. The van der Waals surface area contributed by atoms with Crippen LogP contribution in [0.2, 0.25) is 0 Å². The molecule has 0 bridgehead atoms. The average Bonchev–Trinajstić information content (AvgIpc) is 3.09. The van der Waals surface area contributed by atoms with Gasteiger partial charge in [-0.05, 0) is 19.4 Å².